The number of ether oxygens (including phenoxy) is 2. The van der Waals surface area contributed by atoms with Crippen LogP contribution in [0.5, 0.6) is 11.5 Å². The average molecular weight is 331 g/mol. The lowest BCUT2D eigenvalue weighted by molar-refractivity contribution is -0.517. The monoisotopic (exact) mass is 331 g/mol. The standard InChI is InChI=1S/C19H26N2O3/c1-20-11-10-19-15-12-4-5-14(22)16(15)24-17(19)13(21-2)7-9-18(19,23-3)8-6-12/h4-5,13,17,20,22H,2,6-11H2,1,3H3/p+1/t13-,17+,18+,19+/m1/s1. The van der Waals surface area contributed by atoms with Gasteiger partial charge in [0.2, 0.25) is 0 Å². The molecule has 1 heterocycles. The minimum atomic E-state index is -0.250. The molecular formula is C19H27N2O3+. The molecule has 0 radical (unpaired) electrons. The van der Waals surface area contributed by atoms with E-state index in [-0.39, 0.29) is 28.9 Å². The van der Waals surface area contributed by atoms with Crippen molar-refractivity contribution >= 4 is 6.72 Å². The number of benzene rings is 1. The van der Waals surface area contributed by atoms with Crippen LogP contribution in [0.3, 0.4) is 0 Å². The zero-order valence-corrected chi connectivity index (χ0v) is 14.5. The molecule has 0 unspecified atom stereocenters. The normalized spacial score (nSPS) is 36.1. The molecule has 1 aromatic rings. The number of methoxy groups -OCH3 is 1. The number of hydrogen-bond acceptors (Lipinski definition) is 4. The smallest absolute Gasteiger partial charge is 0.187 e. The molecule has 24 heavy (non-hydrogen) atoms. The molecule has 130 valence electrons. The highest BCUT2D eigenvalue weighted by atomic mass is 16.5. The number of phenolic OH excluding ortho intramolecular Hbond substituents is 1. The first-order valence-electron chi connectivity index (χ1n) is 8.88. The average Bonchev–Trinajstić information content (AvgIpc) is 2.97. The van der Waals surface area contributed by atoms with Crippen molar-refractivity contribution in [1.82, 2.24) is 5.32 Å². The highest BCUT2D eigenvalue weighted by molar-refractivity contribution is 5.61. The first kappa shape index (κ1) is 15.9. The molecule has 5 nitrogen and oxygen atoms in total. The van der Waals surface area contributed by atoms with Gasteiger partial charge in [0.1, 0.15) is 6.72 Å². The predicted molar refractivity (Wildman–Crippen MR) is 91.9 cm³/mol. The van der Waals surface area contributed by atoms with Gasteiger partial charge in [0.05, 0.1) is 11.0 Å². The molecule has 4 rings (SSSR count). The number of aryl methyl sites for hydroxylation is 1. The summed E-state index contributed by atoms with van der Waals surface area (Å²) in [5, 5.41) is 13.7. The van der Waals surface area contributed by atoms with Crippen molar-refractivity contribution < 1.29 is 19.6 Å². The lowest BCUT2D eigenvalue weighted by Gasteiger charge is -2.56. The third-order valence-corrected chi connectivity index (χ3v) is 6.66. The van der Waals surface area contributed by atoms with E-state index in [9.17, 15) is 5.11 Å². The zero-order valence-electron chi connectivity index (χ0n) is 14.5. The molecule has 4 atom stereocenters. The van der Waals surface area contributed by atoms with Crippen molar-refractivity contribution in [3.63, 3.8) is 0 Å². The molecule has 0 spiro atoms. The Morgan fingerprint density at radius 1 is 1.46 bits per heavy atom. The Bertz CT molecular complexity index is 677. The Hall–Kier alpha value is -1.59. The lowest BCUT2D eigenvalue weighted by Crippen LogP contribution is -2.84. The molecule has 1 aromatic carbocycles. The molecule has 0 amide bonds. The van der Waals surface area contributed by atoms with Gasteiger partial charge in [-0.15, -0.1) is 0 Å². The quantitative estimate of drug-likeness (QED) is 0.678. The van der Waals surface area contributed by atoms with Gasteiger partial charge >= 0.3 is 0 Å². The van der Waals surface area contributed by atoms with E-state index in [4.69, 9.17) is 9.47 Å². The third-order valence-electron chi connectivity index (χ3n) is 6.66. The van der Waals surface area contributed by atoms with Gasteiger partial charge in [-0.05, 0) is 50.9 Å². The summed E-state index contributed by atoms with van der Waals surface area (Å²) in [7, 11) is 3.81. The van der Waals surface area contributed by atoms with Gasteiger partial charge in [0.25, 0.3) is 0 Å². The van der Waals surface area contributed by atoms with Crippen LogP contribution in [-0.2, 0) is 16.6 Å². The summed E-state index contributed by atoms with van der Waals surface area (Å²) in [6.45, 7) is 4.81. The molecule has 3 aliphatic rings. The van der Waals surface area contributed by atoms with Crippen LogP contribution in [0.2, 0.25) is 0 Å². The van der Waals surface area contributed by atoms with Gasteiger partial charge in [-0.25, -0.2) is 4.99 Å². The van der Waals surface area contributed by atoms with E-state index in [0.29, 0.717) is 5.75 Å². The van der Waals surface area contributed by atoms with Crippen molar-refractivity contribution in [3.05, 3.63) is 23.3 Å². The van der Waals surface area contributed by atoms with Crippen molar-refractivity contribution in [3.8, 4) is 11.5 Å². The Labute approximate surface area is 143 Å². The lowest BCUT2D eigenvalue weighted by atomic mass is 9.51. The van der Waals surface area contributed by atoms with Gasteiger partial charge in [-0.3, -0.25) is 0 Å². The number of rotatable bonds is 5. The van der Waals surface area contributed by atoms with Crippen LogP contribution in [0.4, 0.5) is 0 Å². The number of aromatic hydroxyl groups is 1. The first-order valence-corrected chi connectivity index (χ1v) is 8.88. The van der Waals surface area contributed by atoms with Crippen LogP contribution >= 0.6 is 0 Å². The molecule has 0 bridgehead atoms. The van der Waals surface area contributed by atoms with E-state index in [2.05, 4.69) is 23.1 Å². The molecule has 5 heteroatoms. The molecule has 0 aromatic heterocycles. The summed E-state index contributed by atoms with van der Waals surface area (Å²) >= 11 is 0. The maximum absolute atomic E-state index is 10.5. The van der Waals surface area contributed by atoms with Gasteiger partial charge in [-0.1, -0.05) is 6.07 Å². The SMILES string of the molecule is C=[NH+][C@@H]1CC[C@@]2(OC)CCc3ccc(O)c4c3[C@@]2(CCNC)[C@H]1O4. The van der Waals surface area contributed by atoms with Gasteiger partial charge in [0.15, 0.2) is 23.6 Å². The molecule has 1 saturated carbocycles. The Morgan fingerprint density at radius 3 is 3.00 bits per heavy atom. The molecular weight excluding hydrogens is 304 g/mol. The van der Waals surface area contributed by atoms with Crippen molar-refractivity contribution in [2.45, 2.75) is 55.3 Å². The van der Waals surface area contributed by atoms with Gasteiger partial charge in [-0.2, -0.15) is 0 Å². The van der Waals surface area contributed by atoms with E-state index < -0.39 is 0 Å². The van der Waals surface area contributed by atoms with Crippen molar-refractivity contribution in [1.29, 1.82) is 0 Å². The summed E-state index contributed by atoms with van der Waals surface area (Å²) < 4.78 is 12.6. The van der Waals surface area contributed by atoms with Crippen LogP contribution in [0.1, 0.15) is 36.8 Å². The minimum Gasteiger partial charge on any atom is -0.504 e. The second-order valence-electron chi connectivity index (χ2n) is 7.36. The summed E-state index contributed by atoms with van der Waals surface area (Å²) in [6, 6.07) is 3.98. The van der Waals surface area contributed by atoms with Gasteiger partial charge < -0.3 is 19.9 Å². The Balaban J connectivity index is 1.99. The number of nitrogens with one attached hydrogen (secondary N) is 2. The fourth-order valence-corrected chi connectivity index (χ4v) is 5.57. The van der Waals surface area contributed by atoms with E-state index >= 15 is 0 Å². The van der Waals surface area contributed by atoms with Crippen molar-refractivity contribution in [2.75, 3.05) is 20.7 Å². The van der Waals surface area contributed by atoms with E-state index in [1.807, 2.05) is 14.2 Å². The maximum atomic E-state index is 10.5. The van der Waals surface area contributed by atoms with Crippen LogP contribution in [0, 0.1) is 0 Å². The van der Waals surface area contributed by atoms with Crippen LogP contribution in [0.25, 0.3) is 0 Å². The molecule has 3 N–H and O–H groups in total. The largest absolute Gasteiger partial charge is 0.504 e. The van der Waals surface area contributed by atoms with Crippen LogP contribution < -0.4 is 15.0 Å². The van der Waals surface area contributed by atoms with Gasteiger partial charge in [0, 0.05) is 19.1 Å². The predicted octanol–water partition coefficient (Wildman–Crippen LogP) is 0.276. The fraction of sp³-hybridized carbons (Fsp3) is 0.632. The van der Waals surface area contributed by atoms with Crippen LogP contribution in [0.15, 0.2) is 12.1 Å². The van der Waals surface area contributed by atoms with E-state index in [1.54, 1.807) is 6.07 Å². The second-order valence-corrected chi connectivity index (χ2v) is 7.36. The highest BCUT2D eigenvalue weighted by Crippen LogP contribution is 2.63. The Kier molecular flexibility index (Phi) is 3.62. The fourth-order valence-electron chi connectivity index (χ4n) is 5.57. The van der Waals surface area contributed by atoms with E-state index in [0.717, 1.165) is 38.6 Å². The molecule has 2 aliphatic carbocycles. The topological polar surface area (TPSA) is 64.7 Å². The van der Waals surface area contributed by atoms with E-state index in [1.165, 1.54) is 11.1 Å². The van der Waals surface area contributed by atoms with Crippen LogP contribution in [-0.4, -0.2) is 50.3 Å². The maximum Gasteiger partial charge on any atom is 0.187 e. The molecule has 0 saturated heterocycles. The third kappa shape index (κ3) is 1.74. The summed E-state index contributed by atoms with van der Waals surface area (Å²) in [5.74, 6) is 0.901. The molecule has 1 aliphatic heterocycles. The first-order chi connectivity index (χ1) is 11.6. The second kappa shape index (κ2) is 5.46. The Morgan fingerprint density at radius 2 is 2.29 bits per heavy atom. The summed E-state index contributed by atoms with van der Waals surface area (Å²) in [4.78, 5) is 3.20. The van der Waals surface area contributed by atoms with Crippen molar-refractivity contribution in [2.24, 2.45) is 0 Å². The minimum absolute atomic E-state index is 0.0700. The highest BCUT2D eigenvalue weighted by Gasteiger charge is 2.69. The number of phenols is 1. The molecule has 1 fully saturated rings. The number of hydrogen-bond donors (Lipinski definition) is 3. The summed E-state index contributed by atoms with van der Waals surface area (Å²) in [5.41, 5.74) is 1.98. The zero-order chi connectivity index (χ0) is 16.9. The summed E-state index contributed by atoms with van der Waals surface area (Å²) in [6.07, 6.45) is 4.76.